The molecule has 2 aromatic carbocycles. The molecule has 0 fully saturated rings. The predicted octanol–water partition coefficient (Wildman–Crippen LogP) is 5.42. The molecule has 0 radical (unpaired) electrons. The molecule has 2 heterocycles. The first-order valence-corrected chi connectivity index (χ1v) is 10.6. The van der Waals surface area contributed by atoms with Gasteiger partial charge in [0.1, 0.15) is 12.4 Å². The molecule has 4 aromatic rings. The molecule has 0 bridgehead atoms. The van der Waals surface area contributed by atoms with Crippen LogP contribution in [0.5, 0.6) is 5.75 Å². The van der Waals surface area contributed by atoms with Gasteiger partial charge in [0.05, 0.1) is 6.26 Å². The molecule has 0 spiro atoms. The molecule has 0 saturated carbocycles. The Labute approximate surface area is 187 Å². The Morgan fingerprint density at radius 1 is 1.03 bits per heavy atom. The Morgan fingerprint density at radius 3 is 2.50 bits per heavy atom. The van der Waals surface area contributed by atoms with Crippen LogP contribution in [-0.4, -0.2) is 20.7 Å². The average Bonchev–Trinajstić information content (AvgIpc) is 3.47. The molecular formula is C25H26N4O3. The van der Waals surface area contributed by atoms with E-state index in [0.29, 0.717) is 37.1 Å². The normalized spacial score (nSPS) is 11.0. The third-order valence-corrected chi connectivity index (χ3v) is 4.79. The number of nitrogens with one attached hydrogen (secondary N) is 1. The number of furan rings is 1. The highest BCUT2D eigenvalue weighted by Gasteiger charge is 2.19. The summed E-state index contributed by atoms with van der Waals surface area (Å²) in [4.78, 5) is 17.2. The molecule has 0 amide bonds. The van der Waals surface area contributed by atoms with Crippen LogP contribution in [0, 0.1) is 5.92 Å². The molecule has 1 N–H and O–H groups in total. The van der Waals surface area contributed by atoms with E-state index in [9.17, 15) is 4.79 Å². The molecule has 0 aliphatic heterocycles. The zero-order chi connectivity index (χ0) is 22.3. The Bertz CT molecular complexity index is 1130. The van der Waals surface area contributed by atoms with Gasteiger partial charge in [-0.2, -0.15) is 9.67 Å². The Balaban J connectivity index is 1.42. The van der Waals surface area contributed by atoms with Crippen molar-refractivity contribution in [3.8, 4) is 17.3 Å². The first-order chi connectivity index (χ1) is 15.6. The molecule has 32 heavy (non-hydrogen) atoms. The number of hydrogen-bond donors (Lipinski definition) is 1. The molecule has 4 rings (SSSR count). The fourth-order valence-corrected chi connectivity index (χ4v) is 3.17. The van der Waals surface area contributed by atoms with Crippen LogP contribution in [0.3, 0.4) is 0 Å². The maximum Gasteiger partial charge on any atom is 0.250 e. The van der Waals surface area contributed by atoms with Crippen molar-refractivity contribution < 1.29 is 13.9 Å². The van der Waals surface area contributed by atoms with Crippen LogP contribution in [0.25, 0.3) is 11.6 Å². The van der Waals surface area contributed by atoms with Crippen LogP contribution in [0.15, 0.2) is 77.4 Å². The van der Waals surface area contributed by atoms with E-state index < -0.39 is 0 Å². The van der Waals surface area contributed by atoms with E-state index in [1.165, 1.54) is 4.68 Å². The molecule has 0 atom stereocenters. The van der Waals surface area contributed by atoms with Crippen molar-refractivity contribution in [2.24, 2.45) is 5.92 Å². The second-order valence-corrected chi connectivity index (χ2v) is 7.91. The Hall–Kier alpha value is -3.87. The van der Waals surface area contributed by atoms with Gasteiger partial charge in [0.25, 0.3) is 0 Å². The number of benzene rings is 2. The van der Waals surface area contributed by atoms with Crippen molar-refractivity contribution in [1.29, 1.82) is 0 Å². The van der Waals surface area contributed by atoms with Crippen LogP contribution in [0.2, 0.25) is 0 Å². The molecule has 7 heteroatoms. The topological polar surface area (TPSA) is 82.2 Å². The van der Waals surface area contributed by atoms with Gasteiger partial charge in [0.2, 0.25) is 17.7 Å². The van der Waals surface area contributed by atoms with E-state index in [1.54, 1.807) is 18.4 Å². The molecule has 164 valence electrons. The lowest BCUT2D eigenvalue weighted by Gasteiger charge is -2.10. The van der Waals surface area contributed by atoms with Gasteiger partial charge in [-0.3, -0.25) is 4.79 Å². The SMILES string of the molecule is CC(C)CC(=O)n1nc(-c2ccco2)nc1NCc1ccc(OCc2ccccc2)cc1. The zero-order valence-corrected chi connectivity index (χ0v) is 18.2. The standard InChI is InChI=1S/C25H26N4O3/c1-18(2)15-23(30)29-25(27-24(28-29)22-9-6-14-31-22)26-16-19-10-12-21(13-11-19)32-17-20-7-4-3-5-8-20/h3-14,18H,15-17H2,1-2H3,(H,26,27,28). The lowest BCUT2D eigenvalue weighted by atomic mass is 10.1. The summed E-state index contributed by atoms with van der Waals surface area (Å²) >= 11 is 0. The molecule has 0 aliphatic carbocycles. The third kappa shape index (κ3) is 5.43. The zero-order valence-electron chi connectivity index (χ0n) is 18.2. The molecule has 7 nitrogen and oxygen atoms in total. The van der Waals surface area contributed by atoms with E-state index in [-0.39, 0.29) is 11.8 Å². The van der Waals surface area contributed by atoms with Crippen molar-refractivity contribution in [1.82, 2.24) is 14.8 Å². The minimum absolute atomic E-state index is 0.113. The summed E-state index contributed by atoms with van der Waals surface area (Å²) in [7, 11) is 0. The lowest BCUT2D eigenvalue weighted by Crippen LogP contribution is -2.18. The fraction of sp³-hybridized carbons (Fsp3) is 0.240. The van der Waals surface area contributed by atoms with Crippen LogP contribution >= 0.6 is 0 Å². The smallest absolute Gasteiger partial charge is 0.250 e. The third-order valence-electron chi connectivity index (χ3n) is 4.79. The van der Waals surface area contributed by atoms with Gasteiger partial charge < -0.3 is 14.5 Å². The van der Waals surface area contributed by atoms with Crippen molar-refractivity contribution in [3.05, 3.63) is 84.1 Å². The number of rotatable bonds is 9. The highest BCUT2D eigenvalue weighted by molar-refractivity contribution is 5.81. The van der Waals surface area contributed by atoms with E-state index in [2.05, 4.69) is 15.4 Å². The Morgan fingerprint density at radius 2 is 1.81 bits per heavy atom. The summed E-state index contributed by atoms with van der Waals surface area (Å²) in [5, 5.41) is 7.59. The number of hydrogen-bond acceptors (Lipinski definition) is 6. The van der Waals surface area contributed by atoms with Gasteiger partial charge in [-0.15, -0.1) is 5.10 Å². The van der Waals surface area contributed by atoms with Crippen LogP contribution < -0.4 is 10.1 Å². The number of ether oxygens (including phenoxy) is 1. The highest BCUT2D eigenvalue weighted by atomic mass is 16.5. The monoisotopic (exact) mass is 430 g/mol. The second kappa shape index (κ2) is 9.96. The summed E-state index contributed by atoms with van der Waals surface area (Å²) in [5.74, 6) is 2.19. The maximum absolute atomic E-state index is 12.7. The van der Waals surface area contributed by atoms with Gasteiger partial charge in [-0.1, -0.05) is 56.3 Å². The molecule has 0 saturated heterocycles. The first-order valence-electron chi connectivity index (χ1n) is 10.6. The number of nitrogens with zero attached hydrogens (tertiary/aromatic N) is 3. The molecule has 2 aromatic heterocycles. The van der Waals surface area contributed by atoms with Crippen LogP contribution in [0.1, 0.15) is 36.2 Å². The summed E-state index contributed by atoms with van der Waals surface area (Å²) in [6, 6.07) is 21.4. The molecule has 0 unspecified atom stereocenters. The quantitative estimate of drug-likeness (QED) is 0.382. The summed E-state index contributed by atoms with van der Waals surface area (Å²) in [5.41, 5.74) is 2.15. The summed E-state index contributed by atoms with van der Waals surface area (Å²) < 4.78 is 12.6. The lowest BCUT2D eigenvalue weighted by molar-refractivity contribution is 0.0873. The minimum Gasteiger partial charge on any atom is -0.489 e. The number of carbonyl (C=O) groups is 1. The number of aromatic nitrogens is 3. The summed E-state index contributed by atoms with van der Waals surface area (Å²) in [6.07, 6.45) is 1.93. The van der Waals surface area contributed by atoms with E-state index in [4.69, 9.17) is 9.15 Å². The maximum atomic E-state index is 12.7. The van der Waals surface area contributed by atoms with Crippen molar-refractivity contribution in [2.75, 3.05) is 5.32 Å². The van der Waals surface area contributed by atoms with E-state index in [0.717, 1.165) is 16.9 Å². The molecule has 0 aliphatic rings. The Kier molecular flexibility index (Phi) is 6.65. The van der Waals surface area contributed by atoms with Gasteiger partial charge in [-0.05, 0) is 41.3 Å². The average molecular weight is 431 g/mol. The minimum atomic E-state index is -0.113. The van der Waals surface area contributed by atoms with Crippen molar-refractivity contribution >= 4 is 11.9 Å². The summed E-state index contributed by atoms with van der Waals surface area (Å²) in [6.45, 7) is 5.01. The number of carbonyl (C=O) groups excluding carboxylic acids is 1. The van der Waals surface area contributed by atoms with E-state index >= 15 is 0 Å². The molecular weight excluding hydrogens is 404 g/mol. The first kappa shape index (κ1) is 21.4. The van der Waals surface area contributed by atoms with Crippen LogP contribution in [0.4, 0.5) is 5.95 Å². The van der Waals surface area contributed by atoms with Gasteiger partial charge in [0, 0.05) is 13.0 Å². The predicted molar refractivity (Wildman–Crippen MR) is 122 cm³/mol. The highest BCUT2D eigenvalue weighted by Crippen LogP contribution is 2.20. The van der Waals surface area contributed by atoms with Crippen molar-refractivity contribution in [3.63, 3.8) is 0 Å². The van der Waals surface area contributed by atoms with Crippen LogP contribution in [-0.2, 0) is 13.2 Å². The van der Waals surface area contributed by atoms with Crippen molar-refractivity contribution in [2.45, 2.75) is 33.4 Å². The van der Waals surface area contributed by atoms with Gasteiger partial charge >= 0.3 is 0 Å². The number of anilines is 1. The van der Waals surface area contributed by atoms with Gasteiger partial charge in [-0.25, -0.2) is 0 Å². The largest absolute Gasteiger partial charge is 0.489 e. The van der Waals surface area contributed by atoms with Gasteiger partial charge in [0.15, 0.2) is 5.76 Å². The second-order valence-electron chi connectivity index (χ2n) is 7.91. The van der Waals surface area contributed by atoms with E-state index in [1.807, 2.05) is 68.4 Å². The fourth-order valence-electron chi connectivity index (χ4n) is 3.17.